The molecule has 0 radical (unpaired) electrons. The lowest BCUT2D eigenvalue weighted by Gasteiger charge is -2.40. The first kappa shape index (κ1) is 21.5. The highest BCUT2D eigenvalue weighted by Gasteiger charge is 2.47. The van der Waals surface area contributed by atoms with Gasteiger partial charge in [0.25, 0.3) is 0 Å². The molecule has 1 N–H and O–H groups in total. The summed E-state index contributed by atoms with van der Waals surface area (Å²) >= 11 is 5.66. The van der Waals surface area contributed by atoms with Gasteiger partial charge in [-0.05, 0) is 69.0 Å². The Kier molecular flexibility index (Phi) is 5.35. The Hall–Kier alpha value is -2.24. The number of halogens is 3. The van der Waals surface area contributed by atoms with Crippen molar-refractivity contribution < 1.29 is 23.4 Å². The van der Waals surface area contributed by atoms with Crippen LogP contribution in [0.3, 0.4) is 0 Å². The van der Waals surface area contributed by atoms with Crippen LogP contribution in [0.25, 0.3) is 16.7 Å². The number of rotatable bonds is 3. The van der Waals surface area contributed by atoms with E-state index in [0.29, 0.717) is 17.5 Å². The molecule has 0 aliphatic carbocycles. The second-order valence-corrected chi connectivity index (χ2v) is 8.53. The van der Waals surface area contributed by atoms with Gasteiger partial charge in [-0.25, -0.2) is 8.78 Å². The maximum atomic E-state index is 14.5. The van der Waals surface area contributed by atoms with Gasteiger partial charge in [0.05, 0.1) is 10.6 Å². The zero-order valence-electron chi connectivity index (χ0n) is 17.0. The van der Waals surface area contributed by atoms with E-state index in [1.165, 1.54) is 12.1 Å². The molecule has 0 fully saturated rings. The average Bonchev–Trinajstić information content (AvgIpc) is 2.64. The summed E-state index contributed by atoms with van der Waals surface area (Å²) in [4.78, 5) is 13.1. The Labute approximate surface area is 174 Å². The van der Waals surface area contributed by atoms with Gasteiger partial charge in [-0.15, -0.1) is 0 Å². The molecule has 154 valence electrons. The quantitative estimate of drug-likeness (QED) is 0.595. The van der Waals surface area contributed by atoms with Crippen LogP contribution in [0.2, 0.25) is 5.02 Å². The fraction of sp³-hybridized carbons (Fsp3) is 0.348. The predicted molar refractivity (Wildman–Crippen MR) is 110 cm³/mol. The second-order valence-electron chi connectivity index (χ2n) is 8.12. The monoisotopic (exact) mass is 420 g/mol. The molecule has 0 spiro atoms. The highest BCUT2D eigenvalue weighted by molar-refractivity contribution is 6.30. The van der Waals surface area contributed by atoms with Crippen LogP contribution in [0, 0.1) is 11.6 Å². The Balaban J connectivity index is 2.29. The van der Waals surface area contributed by atoms with Crippen LogP contribution in [0.5, 0.6) is 0 Å². The molecule has 2 aromatic carbocycles. The van der Waals surface area contributed by atoms with E-state index in [2.05, 4.69) is 0 Å². The number of Topliss-reactive ketones (excluding diaryl/α,β-unsaturated/α-hetero) is 1. The van der Waals surface area contributed by atoms with Gasteiger partial charge in [0.2, 0.25) is 0 Å². The van der Waals surface area contributed by atoms with Gasteiger partial charge in [-0.2, -0.15) is 0 Å². The first-order valence-corrected chi connectivity index (χ1v) is 9.74. The van der Waals surface area contributed by atoms with Crippen molar-refractivity contribution in [1.29, 1.82) is 0 Å². The van der Waals surface area contributed by atoms with E-state index in [1.54, 1.807) is 45.9 Å². The molecule has 0 atom stereocenters. The second kappa shape index (κ2) is 7.22. The number of ketones is 1. The number of ether oxygens (including phenoxy) is 1. The number of carbonyl (C=O) groups excluding carboxylic acids is 1. The predicted octanol–water partition coefficient (Wildman–Crippen LogP) is 6.27. The number of carbonyl (C=O) groups is 1. The minimum Gasteiger partial charge on any atom is -0.508 e. The van der Waals surface area contributed by atoms with E-state index in [0.717, 1.165) is 5.56 Å². The van der Waals surface area contributed by atoms with Gasteiger partial charge in [-0.1, -0.05) is 30.7 Å². The molecule has 1 aliphatic rings. The standard InChI is InChI=1S/C23H23ClF2O3/c1-6-12-7-8-13(14-9-10-16(24)19(26)18(14)25)11-15(12)17-20(27)22(2,3)29-23(4,5)21(17)28/h7-11,27H,6H2,1-5H3. The van der Waals surface area contributed by atoms with Crippen molar-refractivity contribution in [3.63, 3.8) is 0 Å². The van der Waals surface area contributed by atoms with Gasteiger partial charge in [0.15, 0.2) is 17.4 Å². The fourth-order valence-corrected chi connectivity index (χ4v) is 3.87. The van der Waals surface area contributed by atoms with Crippen LogP contribution < -0.4 is 0 Å². The molecule has 2 aromatic rings. The van der Waals surface area contributed by atoms with Gasteiger partial charge in [0.1, 0.15) is 17.0 Å². The summed E-state index contributed by atoms with van der Waals surface area (Å²) in [5.41, 5.74) is -0.414. The molecule has 0 saturated carbocycles. The van der Waals surface area contributed by atoms with Crippen LogP contribution in [-0.4, -0.2) is 22.1 Å². The van der Waals surface area contributed by atoms with Crippen molar-refractivity contribution in [3.05, 3.63) is 63.9 Å². The van der Waals surface area contributed by atoms with Gasteiger partial charge in [-0.3, -0.25) is 4.79 Å². The van der Waals surface area contributed by atoms with E-state index in [4.69, 9.17) is 16.3 Å². The van der Waals surface area contributed by atoms with Gasteiger partial charge < -0.3 is 9.84 Å². The summed E-state index contributed by atoms with van der Waals surface area (Å²) in [6, 6.07) is 7.68. The molecule has 0 bridgehead atoms. The van der Waals surface area contributed by atoms with Crippen LogP contribution in [0.4, 0.5) is 8.78 Å². The summed E-state index contributed by atoms with van der Waals surface area (Å²) < 4.78 is 34.3. The minimum absolute atomic E-state index is 0.0221. The van der Waals surface area contributed by atoms with Crippen molar-refractivity contribution in [3.8, 4) is 11.1 Å². The zero-order chi connectivity index (χ0) is 21.7. The lowest BCUT2D eigenvalue weighted by molar-refractivity contribution is -0.158. The molecule has 6 heteroatoms. The summed E-state index contributed by atoms with van der Waals surface area (Å²) in [5, 5.41) is 10.5. The lowest BCUT2D eigenvalue weighted by Crippen LogP contribution is -2.49. The van der Waals surface area contributed by atoms with Crippen LogP contribution in [0.1, 0.15) is 45.7 Å². The Bertz CT molecular complexity index is 1040. The van der Waals surface area contributed by atoms with Crippen LogP contribution in [0.15, 0.2) is 36.1 Å². The Morgan fingerprint density at radius 2 is 1.66 bits per heavy atom. The average molecular weight is 421 g/mol. The number of aliphatic hydroxyl groups excluding tert-OH is 1. The third kappa shape index (κ3) is 3.58. The van der Waals surface area contributed by atoms with E-state index >= 15 is 0 Å². The van der Waals surface area contributed by atoms with Crippen molar-refractivity contribution in [2.24, 2.45) is 0 Å². The van der Waals surface area contributed by atoms with Crippen molar-refractivity contribution in [2.45, 2.75) is 52.2 Å². The summed E-state index contributed by atoms with van der Waals surface area (Å²) in [5.74, 6) is -2.75. The van der Waals surface area contributed by atoms with Crippen molar-refractivity contribution in [1.82, 2.24) is 0 Å². The topological polar surface area (TPSA) is 46.5 Å². The van der Waals surface area contributed by atoms with E-state index in [-0.39, 0.29) is 27.7 Å². The van der Waals surface area contributed by atoms with E-state index in [9.17, 15) is 18.7 Å². The molecule has 0 unspecified atom stereocenters. The highest BCUT2D eigenvalue weighted by atomic mass is 35.5. The largest absolute Gasteiger partial charge is 0.508 e. The molecular formula is C23H23ClF2O3. The number of aliphatic hydroxyl groups is 1. The van der Waals surface area contributed by atoms with E-state index in [1.807, 2.05) is 6.92 Å². The maximum Gasteiger partial charge on any atom is 0.198 e. The normalized spacial score (nSPS) is 18.3. The van der Waals surface area contributed by atoms with Crippen LogP contribution >= 0.6 is 11.6 Å². The number of hydrogen-bond donors (Lipinski definition) is 1. The highest BCUT2D eigenvalue weighted by Crippen LogP contribution is 2.42. The van der Waals surface area contributed by atoms with Crippen molar-refractivity contribution >= 4 is 23.0 Å². The molecule has 0 aromatic heterocycles. The van der Waals surface area contributed by atoms with Crippen molar-refractivity contribution in [2.75, 3.05) is 0 Å². The molecule has 0 saturated heterocycles. The first-order chi connectivity index (χ1) is 13.4. The van der Waals surface area contributed by atoms with Crippen LogP contribution in [-0.2, 0) is 16.0 Å². The molecule has 29 heavy (non-hydrogen) atoms. The number of aryl methyl sites for hydroxylation is 1. The summed E-state index contributed by atoms with van der Waals surface area (Å²) in [6.45, 7) is 8.57. The number of benzene rings is 2. The SMILES string of the molecule is CCc1ccc(-c2ccc(Cl)c(F)c2F)cc1C1=C(O)C(C)(C)OC(C)(C)C1=O. The molecule has 1 heterocycles. The lowest BCUT2D eigenvalue weighted by atomic mass is 9.80. The maximum absolute atomic E-state index is 14.5. The van der Waals surface area contributed by atoms with Gasteiger partial charge in [0, 0.05) is 5.56 Å². The molecular weight excluding hydrogens is 398 g/mol. The molecule has 0 amide bonds. The Morgan fingerprint density at radius 3 is 2.28 bits per heavy atom. The zero-order valence-corrected chi connectivity index (χ0v) is 17.7. The first-order valence-electron chi connectivity index (χ1n) is 9.36. The summed E-state index contributed by atoms with van der Waals surface area (Å²) in [7, 11) is 0. The van der Waals surface area contributed by atoms with Gasteiger partial charge >= 0.3 is 0 Å². The molecule has 3 rings (SSSR count). The number of hydrogen-bond acceptors (Lipinski definition) is 3. The third-order valence-corrected chi connectivity index (χ3v) is 5.49. The third-order valence-electron chi connectivity index (χ3n) is 5.20. The molecule has 3 nitrogen and oxygen atoms in total. The Morgan fingerprint density at radius 1 is 1.00 bits per heavy atom. The smallest absolute Gasteiger partial charge is 0.198 e. The summed E-state index contributed by atoms with van der Waals surface area (Å²) in [6.07, 6.45) is 0.582. The minimum atomic E-state index is -1.15. The molecule has 1 aliphatic heterocycles. The fourth-order valence-electron chi connectivity index (χ4n) is 3.73. The van der Waals surface area contributed by atoms with E-state index < -0.39 is 22.8 Å².